The lowest BCUT2D eigenvalue weighted by molar-refractivity contribution is -0.115. The van der Waals surface area contributed by atoms with Crippen molar-refractivity contribution in [2.75, 3.05) is 5.32 Å². The van der Waals surface area contributed by atoms with Gasteiger partial charge in [0, 0.05) is 0 Å². The monoisotopic (exact) mass is 391 g/mol. The van der Waals surface area contributed by atoms with Crippen molar-refractivity contribution in [2.45, 2.75) is 19.8 Å². The Morgan fingerprint density at radius 1 is 1.17 bits per heavy atom. The van der Waals surface area contributed by atoms with Gasteiger partial charge in [-0.05, 0) is 45.6 Å². The van der Waals surface area contributed by atoms with Crippen LogP contribution in [-0.2, 0) is 17.6 Å². The Balaban J connectivity index is 1.62. The molecule has 0 aliphatic carbocycles. The van der Waals surface area contributed by atoms with E-state index in [4.69, 9.17) is 4.42 Å². The van der Waals surface area contributed by atoms with Crippen LogP contribution in [0.5, 0.6) is 0 Å². The van der Waals surface area contributed by atoms with Crippen molar-refractivity contribution in [1.29, 1.82) is 0 Å². The zero-order valence-electron chi connectivity index (χ0n) is 12.4. The molecule has 118 valence electrons. The van der Waals surface area contributed by atoms with Crippen molar-refractivity contribution in [1.82, 2.24) is 10.2 Å². The highest BCUT2D eigenvalue weighted by Crippen LogP contribution is 2.30. The van der Waals surface area contributed by atoms with Crippen LogP contribution in [0.15, 0.2) is 44.6 Å². The van der Waals surface area contributed by atoms with Crippen LogP contribution in [0.25, 0.3) is 10.8 Å². The van der Waals surface area contributed by atoms with Crippen molar-refractivity contribution >= 4 is 39.2 Å². The molecule has 7 heteroatoms. The number of hydrogen-bond donors (Lipinski definition) is 1. The zero-order valence-corrected chi connectivity index (χ0v) is 14.8. The Bertz CT molecular complexity index is 811. The van der Waals surface area contributed by atoms with Gasteiger partial charge in [0.15, 0.2) is 0 Å². The third kappa shape index (κ3) is 4.05. The van der Waals surface area contributed by atoms with Gasteiger partial charge in [0.1, 0.15) is 0 Å². The predicted molar refractivity (Wildman–Crippen MR) is 93.5 cm³/mol. The van der Waals surface area contributed by atoms with E-state index in [2.05, 4.69) is 38.4 Å². The van der Waals surface area contributed by atoms with Gasteiger partial charge in [-0.15, -0.1) is 16.4 Å². The Kier molecular flexibility index (Phi) is 4.88. The Labute approximate surface area is 145 Å². The van der Waals surface area contributed by atoms with Crippen molar-refractivity contribution in [3.05, 3.63) is 51.3 Å². The van der Waals surface area contributed by atoms with Crippen LogP contribution >= 0.6 is 27.3 Å². The van der Waals surface area contributed by atoms with Crippen LogP contribution in [0.3, 0.4) is 0 Å². The minimum absolute atomic E-state index is 0.111. The largest absolute Gasteiger partial charge is 0.402 e. The third-order valence-corrected chi connectivity index (χ3v) is 4.86. The molecule has 2 heterocycles. The summed E-state index contributed by atoms with van der Waals surface area (Å²) in [5, 5.41) is 10.4. The van der Waals surface area contributed by atoms with Gasteiger partial charge in [0.25, 0.3) is 5.89 Å². The molecule has 5 nitrogen and oxygen atoms in total. The van der Waals surface area contributed by atoms with E-state index < -0.39 is 0 Å². The topological polar surface area (TPSA) is 68.0 Å². The number of anilines is 1. The predicted octanol–water partition coefficient (Wildman–Crippen LogP) is 4.30. The van der Waals surface area contributed by atoms with Gasteiger partial charge in [0.05, 0.1) is 15.1 Å². The van der Waals surface area contributed by atoms with Crippen molar-refractivity contribution in [3.63, 3.8) is 0 Å². The summed E-state index contributed by atoms with van der Waals surface area (Å²) in [6.07, 6.45) is 1.25. The second-order valence-electron chi connectivity index (χ2n) is 4.91. The number of aryl methyl sites for hydroxylation is 1. The Hall–Kier alpha value is -1.99. The first-order valence-corrected chi connectivity index (χ1v) is 8.72. The number of thiophene rings is 1. The molecular formula is C16H14BrN3O2S. The quantitative estimate of drug-likeness (QED) is 0.703. The number of amides is 1. The van der Waals surface area contributed by atoms with Crippen LogP contribution in [0.2, 0.25) is 0 Å². The number of rotatable bonds is 5. The summed E-state index contributed by atoms with van der Waals surface area (Å²) in [6.45, 7) is 2.10. The van der Waals surface area contributed by atoms with E-state index in [1.165, 1.54) is 16.9 Å². The SMILES string of the molecule is CCc1ccc(CC(=O)Nc2nnc(-c3ccc(Br)s3)o2)cc1. The highest BCUT2D eigenvalue weighted by atomic mass is 79.9. The summed E-state index contributed by atoms with van der Waals surface area (Å²) in [7, 11) is 0. The molecule has 0 unspecified atom stereocenters. The summed E-state index contributed by atoms with van der Waals surface area (Å²) >= 11 is 4.87. The van der Waals surface area contributed by atoms with E-state index in [0.717, 1.165) is 20.6 Å². The molecule has 3 aromatic rings. The summed E-state index contributed by atoms with van der Waals surface area (Å²) in [5.41, 5.74) is 2.19. The van der Waals surface area contributed by atoms with Gasteiger partial charge >= 0.3 is 6.01 Å². The first-order valence-electron chi connectivity index (χ1n) is 7.11. The average molecular weight is 392 g/mol. The maximum atomic E-state index is 12.0. The number of hydrogen-bond acceptors (Lipinski definition) is 5. The summed E-state index contributed by atoms with van der Waals surface area (Å²) in [5.74, 6) is 0.208. The number of carbonyl (C=O) groups is 1. The van der Waals surface area contributed by atoms with Crippen LogP contribution in [0.1, 0.15) is 18.1 Å². The number of benzene rings is 1. The van der Waals surface area contributed by atoms with Crippen LogP contribution in [0.4, 0.5) is 6.01 Å². The van der Waals surface area contributed by atoms with Crippen LogP contribution < -0.4 is 5.32 Å². The van der Waals surface area contributed by atoms with Crippen molar-refractivity contribution in [3.8, 4) is 10.8 Å². The van der Waals surface area contributed by atoms with Gasteiger partial charge in [-0.1, -0.05) is 36.3 Å². The van der Waals surface area contributed by atoms with E-state index >= 15 is 0 Å². The van der Waals surface area contributed by atoms with Gasteiger partial charge in [-0.2, -0.15) is 0 Å². The number of halogens is 1. The number of aromatic nitrogens is 2. The first-order chi connectivity index (χ1) is 11.1. The molecule has 0 fully saturated rings. The van der Waals surface area contributed by atoms with E-state index in [9.17, 15) is 4.79 Å². The first kappa shape index (κ1) is 15.9. The highest BCUT2D eigenvalue weighted by molar-refractivity contribution is 9.11. The molecule has 0 radical (unpaired) electrons. The van der Waals surface area contributed by atoms with Gasteiger partial charge < -0.3 is 4.42 Å². The summed E-state index contributed by atoms with van der Waals surface area (Å²) < 4.78 is 6.44. The second kappa shape index (κ2) is 7.06. The van der Waals surface area contributed by atoms with Crippen LogP contribution in [0, 0.1) is 0 Å². The maximum Gasteiger partial charge on any atom is 0.322 e. The summed E-state index contributed by atoms with van der Waals surface area (Å²) in [4.78, 5) is 12.9. The molecule has 2 aromatic heterocycles. The fraction of sp³-hybridized carbons (Fsp3) is 0.188. The lowest BCUT2D eigenvalue weighted by Crippen LogP contribution is -2.14. The maximum absolute atomic E-state index is 12.0. The fourth-order valence-electron chi connectivity index (χ4n) is 2.04. The van der Waals surface area contributed by atoms with E-state index in [1.54, 1.807) is 0 Å². The standard InChI is InChI=1S/C16H14BrN3O2S/c1-2-10-3-5-11(6-4-10)9-14(21)18-16-20-19-15(22-16)12-7-8-13(17)23-12/h3-8H,2,9H2,1H3,(H,18,20,21). The molecule has 0 saturated heterocycles. The van der Waals surface area contributed by atoms with E-state index in [-0.39, 0.29) is 18.3 Å². The molecule has 0 bridgehead atoms. The molecular weight excluding hydrogens is 378 g/mol. The molecule has 1 amide bonds. The number of nitrogens with one attached hydrogen (secondary N) is 1. The van der Waals surface area contributed by atoms with Gasteiger partial charge in [-0.3, -0.25) is 10.1 Å². The van der Waals surface area contributed by atoms with Crippen molar-refractivity contribution < 1.29 is 9.21 Å². The minimum atomic E-state index is -0.184. The molecule has 0 spiro atoms. The van der Waals surface area contributed by atoms with Crippen LogP contribution in [-0.4, -0.2) is 16.1 Å². The zero-order chi connectivity index (χ0) is 16.2. The fourth-order valence-corrected chi connectivity index (χ4v) is 3.35. The average Bonchev–Trinajstić information content (AvgIpc) is 3.17. The molecule has 23 heavy (non-hydrogen) atoms. The Morgan fingerprint density at radius 3 is 2.57 bits per heavy atom. The molecule has 0 saturated carbocycles. The Morgan fingerprint density at radius 2 is 1.91 bits per heavy atom. The number of nitrogens with zero attached hydrogens (tertiary/aromatic N) is 2. The highest BCUT2D eigenvalue weighted by Gasteiger charge is 2.13. The third-order valence-electron chi connectivity index (χ3n) is 3.25. The second-order valence-corrected chi connectivity index (χ2v) is 7.37. The van der Waals surface area contributed by atoms with Gasteiger partial charge in [0.2, 0.25) is 5.91 Å². The van der Waals surface area contributed by atoms with Crippen molar-refractivity contribution in [2.24, 2.45) is 0 Å². The minimum Gasteiger partial charge on any atom is -0.402 e. The molecule has 3 rings (SSSR count). The molecule has 0 atom stereocenters. The van der Waals surface area contributed by atoms with E-state index in [1.807, 2.05) is 36.4 Å². The lowest BCUT2D eigenvalue weighted by Gasteiger charge is -2.02. The summed E-state index contributed by atoms with van der Waals surface area (Å²) in [6, 6.07) is 11.9. The number of carbonyl (C=O) groups excluding carboxylic acids is 1. The molecule has 1 aromatic carbocycles. The van der Waals surface area contributed by atoms with Gasteiger partial charge in [-0.25, -0.2) is 0 Å². The lowest BCUT2D eigenvalue weighted by atomic mass is 10.1. The molecule has 0 aliphatic heterocycles. The molecule has 1 N–H and O–H groups in total. The van der Waals surface area contributed by atoms with E-state index in [0.29, 0.717) is 5.89 Å². The smallest absolute Gasteiger partial charge is 0.322 e. The normalized spacial score (nSPS) is 10.7. The molecule has 0 aliphatic rings.